The summed E-state index contributed by atoms with van der Waals surface area (Å²) in [6.45, 7) is 2.50. The molecule has 1 fully saturated rings. The van der Waals surface area contributed by atoms with Gasteiger partial charge < -0.3 is 10.6 Å². The van der Waals surface area contributed by atoms with E-state index in [0.29, 0.717) is 13.1 Å². The van der Waals surface area contributed by atoms with E-state index in [9.17, 15) is 22.8 Å². The van der Waals surface area contributed by atoms with Crippen molar-refractivity contribution in [2.45, 2.75) is 19.1 Å². The molecule has 1 saturated heterocycles. The van der Waals surface area contributed by atoms with Crippen molar-refractivity contribution in [3.8, 4) is 0 Å². The van der Waals surface area contributed by atoms with Crippen molar-refractivity contribution in [1.29, 1.82) is 0 Å². The number of nitrogens with zero attached hydrogens (tertiary/aromatic N) is 1. The standard InChI is InChI=1S/C14H16F3N3O2/c1-9(20-7-6-18-12(21)8-20)13(22)19-11-5-3-2-4-10(11)14(15,16)17/h2-5,9H,6-8H2,1H3,(H,18,21)(H,19,22)/t9-/m0/s1. The molecule has 0 bridgehead atoms. The second-order valence-electron chi connectivity index (χ2n) is 5.03. The zero-order valence-electron chi connectivity index (χ0n) is 11.9. The third-order valence-electron chi connectivity index (χ3n) is 3.49. The molecule has 2 N–H and O–H groups in total. The molecule has 0 unspecified atom stereocenters. The lowest BCUT2D eigenvalue weighted by Gasteiger charge is -2.31. The molecule has 0 saturated carbocycles. The summed E-state index contributed by atoms with van der Waals surface area (Å²) < 4.78 is 38.7. The number of hydrogen-bond donors (Lipinski definition) is 2. The van der Waals surface area contributed by atoms with Gasteiger partial charge in [-0.3, -0.25) is 14.5 Å². The van der Waals surface area contributed by atoms with E-state index in [1.807, 2.05) is 0 Å². The molecule has 1 aliphatic heterocycles. The topological polar surface area (TPSA) is 61.4 Å². The van der Waals surface area contributed by atoms with Gasteiger partial charge >= 0.3 is 6.18 Å². The molecule has 22 heavy (non-hydrogen) atoms. The number of nitrogens with one attached hydrogen (secondary N) is 2. The summed E-state index contributed by atoms with van der Waals surface area (Å²) in [7, 11) is 0. The number of amides is 2. The molecule has 2 rings (SSSR count). The fourth-order valence-electron chi connectivity index (χ4n) is 2.23. The van der Waals surface area contributed by atoms with Crippen LogP contribution in [0, 0.1) is 0 Å². The van der Waals surface area contributed by atoms with Crippen LogP contribution in [0.4, 0.5) is 18.9 Å². The van der Waals surface area contributed by atoms with Crippen LogP contribution in [0.5, 0.6) is 0 Å². The molecule has 1 aromatic rings. The minimum Gasteiger partial charge on any atom is -0.354 e. The minimum absolute atomic E-state index is 0.0511. The molecule has 5 nitrogen and oxygen atoms in total. The molecule has 1 aliphatic rings. The van der Waals surface area contributed by atoms with Gasteiger partial charge in [0.2, 0.25) is 11.8 Å². The molecule has 120 valence electrons. The first kappa shape index (κ1) is 16.3. The van der Waals surface area contributed by atoms with Crippen molar-refractivity contribution in [3.05, 3.63) is 29.8 Å². The molecule has 1 aromatic carbocycles. The summed E-state index contributed by atoms with van der Waals surface area (Å²) in [5.41, 5.74) is -1.18. The summed E-state index contributed by atoms with van der Waals surface area (Å²) in [5, 5.41) is 4.92. The van der Waals surface area contributed by atoms with Crippen LogP contribution in [0.25, 0.3) is 0 Å². The number of carbonyl (C=O) groups excluding carboxylic acids is 2. The lowest BCUT2D eigenvalue weighted by atomic mass is 10.1. The monoisotopic (exact) mass is 315 g/mol. The summed E-state index contributed by atoms with van der Waals surface area (Å²) in [6.07, 6.45) is -4.54. The predicted molar refractivity (Wildman–Crippen MR) is 74.1 cm³/mol. The number of hydrogen-bond acceptors (Lipinski definition) is 3. The Hall–Kier alpha value is -2.09. The van der Waals surface area contributed by atoms with Crippen LogP contribution in [-0.2, 0) is 15.8 Å². The van der Waals surface area contributed by atoms with Crippen LogP contribution in [0.2, 0.25) is 0 Å². The maximum absolute atomic E-state index is 12.9. The number of piperazine rings is 1. The van der Waals surface area contributed by atoms with Gasteiger partial charge in [-0.15, -0.1) is 0 Å². The molecule has 2 amide bonds. The van der Waals surface area contributed by atoms with Crippen LogP contribution in [0.15, 0.2) is 24.3 Å². The number of para-hydroxylation sites is 1. The highest BCUT2D eigenvalue weighted by Crippen LogP contribution is 2.34. The fourth-order valence-corrected chi connectivity index (χ4v) is 2.23. The molecule has 8 heteroatoms. The average Bonchev–Trinajstić information content (AvgIpc) is 2.46. The number of carbonyl (C=O) groups is 2. The second-order valence-corrected chi connectivity index (χ2v) is 5.03. The number of halogens is 3. The number of benzene rings is 1. The van der Waals surface area contributed by atoms with Crippen molar-refractivity contribution >= 4 is 17.5 Å². The van der Waals surface area contributed by atoms with Crippen LogP contribution >= 0.6 is 0 Å². The first-order chi connectivity index (χ1) is 10.3. The Kier molecular flexibility index (Phi) is 4.70. The van der Waals surface area contributed by atoms with Gasteiger partial charge in [0, 0.05) is 13.1 Å². The van der Waals surface area contributed by atoms with Gasteiger partial charge in [0.1, 0.15) is 0 Å². The highest BCUT2D eigenvalue weighted by Gasteiger charge is 2.34. The van der Waals surface area contributed by atoms with Crippen molar-refractivity contribution < 1.29 is 22.8 Å². The Morgan fingerprint density at radius 2 is 2.05 bits per heavy atom. The van der Waals surface area contributed by atoms with Gasteiger partial charge in [0.15, 0.2) is 0 Å². The normalized spacial score (nSPS) is 17.7. The Balaban J connectivity index is 2.10. The summed E-state index contributed by atoms with van der Waals surface area (Å²) in [5.74, 6) is -0.784. The maximum atomic E-state index is 12.9. The highest BCUT2D eigenvalue weighted by atomic mass is 19.4. The van der Waals surface area contributed by atoms with Crippen LogP contribution in [0.1, 0.15) is 12.5 Å². The zero-order valence-corrected chi connectivity index (χ0v) is 11.9. The molecule has 0 radical (unpaired) electrons. The highest BCUT2D eigenvalue weighted by molar-refractivity contribution is 5.95. The van der Waals surface area contributed by atoms with E-state index in [-0.39, 0.29) is 18.1 Å². The van der Waals surface area contributed by atoms with Crippen molar-refractivity contribution in [3.63, 3.8) is 0 Å². The third-order valence-corrected chi connectivity index (χ3v) is 3.49. The predicted octanol–water partition coefficient (Wildman–Crippen LogP) is 1.46. The lowest BCUT2D eigenvalue weighted by Crippen LogP contribution is -2.53. The second kappa shape index (κ2) is 6.35. The number of anilines is 1. The number of rotatable bonds is 3. The van der Waals surface area contributed by atoms with Crippen molar-refractivity contribution in [1.82, 2.24) is 10.2 Å². The summed E-state index contributed by atoms with van der Waals surface area (Å²) >= 11 is 0. The fraction of sp³-hybridized carbons (Fsp3) is 0.429. The SMILES string of the molecule is C[C@@H](C(=O)Nc1ccccc1C(F)(F)F)N1CCNC(=O)C1. The van der Waals surface area contributed by atoms with E-state index in [1.165, 1.54) is 18.2 Å². The first-order valence-corrected chi connectivity index (χ1v) is 6.77. The van der Waals surface area contributed by atoms with Crippen molar-refractivity contribution in [2.75, 3.05) is 25.0 Å². The van der Waals surface area contributed by atoms with Gasteiger partial charge in [-0.25, -0.2) is 0 Å². The van der Waals surface area contributed by atoms with E-state index in [1.54, 1.807) is 11.8 Å². The van der Waals surface area contributed by atoms with Crippen molar-refractivity contribution in [2.24, 2.45) is 0 Å². The molecule has 1 atom stereocenters. The van der Waals surface area contributed by atoms with Crippen LogP contribution in [-0.4, -0.2) is 42.4 Å². The van der Waals surface area contributed by atoms with E-state index in [4.69, 9.17) is 0 Å². The molecule has 0 aromatic heterocycles. The summed E-state index contributed by atoms with van der Waals surface area (Å²) in [6, 6.07) is 4.10. The Morgan fingerprint density at radius 1 is 1.36 bits per heavy atom. The van der Waals surface area contributed by atoms with E-state index < -0.39 is 23.7 Å². The average molecular weight is 315 g/mol. The van der Waals surface area contributed by atoms with Gasteiger partial charge in [0.25, 0.3) is 0 Å². The van der Waals surface area contributed by atoms with E-state index >= 15 is 0 Å². The first-order valence-electron chi connectivity index (χ1n) is 6.77. The van der Waals surface area contributed by atoms with Gasteiger partial charge in [-0.1, -0.05) is 12.1 Å². The Morgan fingerprint density at radius 3 is 2.68 bits per heavy atom. The van der Waals surface area contributed by atoms with Crippen LogP contribution < -0.4 is 10.6 Å². The molecule has 1 heterocycles. The van der Waals surface area contributed by atoms with Crippen LogP contribution in [0.3, 0.4) is 0 Å². The maximum Gasteiger partial charge on any atom is 0.418 e. The lowest BCUT2D eigenvalue weighted by molar-refractivity contribution is -0.137. The zero-order chi connectivity index (χ0) is 16.3. The third kappa shape index (κ3) is 3.76. The molecular weight excluding hydrogens is 299 g/mol. The van der Waals surface area contributed by atoms with Gasteiger partial charge in [-0.05, 0) is 19.1 Å². The number of alkyl halides is 3. The minimum atomic E-state index is -4.54. The molecule has 0 aliphatic carbocycles. The van der Waals surface area contributed by atoms with E-state index in [2.05, 4.69) is 10.6 Å². The smallest absolute Gasteiger partial charge is 0.354 e. The van der Waals surface area contributed by atoms with Gasteiger partial charge in [0.05, 0.1) is 23.8 Å². The summed E-state index contributed by atoms with van der Waals surface area (Å²) in [4.78, 5) is 25.1. The van der Waals surface area contributed by atoms with Gasteiger partial charge in [-0.2, -0.15) is 13.2 Å². The molecular formula is C14H16F3N3O2. The Bertz CT molecular complexity index is 575. The quantitative estimate of drug-likeness (QED) is 0.888. The largest absolute Gasteiger partial charge is 0.418 e. The molecule has 0 spiro atoms. The van der Waals surface area contributed by atoms with E-state index in [0.717, 1.165) is 6.07 Å². The Labute approximate surface area is 125 Å².